The summed E-state index contributed by atoms with van der Waals surface area (Å²) < 4.78 is 0. The molecule has 1 aromatic carbocycles. The molecular weight excluding hydrogens is 232 g/mol. The highest BCUT2D eigenvalue weighted by molar-refractivity contribution is 7.10. The van der Waals surface area contributed by atoms with E-state index in [9.17, 15) is 0 Å². The summed E-state index contributed by atoms with van der Waals surface area (Å²) >= 11 is 1.67. The van der Waals surface area contributed by atoms with Gasteiger partial charge in [0, 0.05) is 21.6 Å². The number of nitrogens with zero attached hydrogens (tertiary/aromatic N) is 1. The van der Waals surface area contributed by atoms with Gasteiger partial charge in [-0.1, -0.05) is 6.07 Å². The molecule has 2 heterocycles. The van der Waals surface area contributed by atoms with E-state index in [-0.39, 0.29) is 0 Å². The number of nitrogens with one attached hydrogen (secondary N) is 2. The SMILES string of the molecule is Nc1ccsc1CNc1cccc2[nH]ncc12. The van der Waals surface area contributed by atoms with E-state index in [1.165, 1.54) is 0 Å². The van der Waals surface area contributed by atoms with Crippen LogP contribution in [0.5, 0.6) is 0 Å². The summed E-state index contributed by atoms with van der Waals surface area (Å²) in [7, 11) is 0. The molecule has 4 nitrogen and oxygen atoms in total. The van der Waals surface area contributed by atoms with Crippen molar-refractivity contribution in [2.75, 3.05) is 11.1 Å². The Bertz CT molecular complexity index is 641. The van der Waals surface area contributed by atoms with Gasteiger partial charge in [0.25, 0.3) is 0 Å². The maximum atomic E-state index is 5.85. The van der Waals surface area contributed by atoms with Crippen molar-refractivity contribution in [3.05, 3.63) is 40.7 Å². The molecule has 17 heavy (non-hydrogen) atoms. The third-order valence-electron chi connectivity index (χ3n) is 2.70. The number of benzene rings is 1. The number of rotatable bonds is 3. The highest BCUT2D eigenvalue weighted by Crippen LogP contribution is 2.24. The Labute approximate surface area is 102 Å². The molecule has 0 unspecified atom stereocenters. The molecule has 0 fully saturated rings. The quantitative estimate of drug-likeness (QED) is 0.663. The van der Waals surface area contributed by atoms with Gasteiger partial charge in [0.05, 0.1) is 18.3 Å². The fourth-order valence-corrected chi connectivity index (χ4v) is 2.53. The van der Waals surface area contributed by atoms with Crippen LogP contribution in [0.4, 0.5) is 11.4 Å². The lowest BCUT2D eigenvalue weighted by Gasteiger charge is -2.06. The predicted molar refractivity (Wildman–Crippen MR) is 72.2 cm³/mol. The average molecular weight is 244 g/mol. The van der Waals surface area contributed by atoms with Crippen molar-refractivity contribution >= 4 is 33.6 Å². The lowest BCUT2D eigenvalue weighted by atomic mass is 10.2. The monoisotopic (exact) mass is 244 g/mol. The second-order valence-electron chi connectivity index (χ2n) is 3.79. The van der Waals surface area contributed by atoms with Gasteiger partial charge in [-0.15, -0.1) is 11.3 Å². The largest absolute Gasteiger partial charge is 0.398 e. The van der Waals surface area contributed by atoms with Crippen LogP contribution in [0.1, 0.15) is 4.88 Å². The van der Waals surface area contributed by atoms with Crippen LogP contribution >= 0.6 is 11.3 Å². The van der Waals surface area contributed by atoms with E-state index in [1.54, 1.807) is 11.3 Å². The topological polar surface area (TPSA) is 66.7 Å². The first-order valence-electron chi connectivity index (χ1n) is 5.32. The zero-order valence-corrected chi connectivity index (χ0v) is 9.92. The molecule has 0 aliphatic carbocycles. The first kappa shape index (κ1) is 10.2. The number of nitrogens with two attached hydrogens (primary N) is 1. The number of hydrogen-bond acceptors (Lipinski definition) is 4. The van der Waals surface area contributed by atoms with Crippen molar-refractivity contribution in [1.82, 2.24) is 10.2 Å². The van der Waals surface area contributed by atoms with E-state index in [0.29, 0.717) is 0 Å². The van der Waals surface area contributed by atoms with Crippen LogP contribution in [0.15, 0.2) is 35.8 Å². The van der Waals surface area contributed by atoms with Gasteiger partial charge >= 0.3 is 0 Å². The number of H-pyrrole nitrogens is 1. The Balaban J connectivity index is 1.86. The molecule has 0 aliphatic rings. The average Bonchev–Trinajstić information content (AvgIpc) is 2.95. The van der Waals surface area contributed by atoms with Gasteiger partial charge in [0.1, 0.15) is 0 Å². The standard InChI is InChI=1S/C12H12N4S/c13-9-4-5-17-12(9)7-14-10-2-1-3-11-8(10)6-15-16-11/h1-6,14H,7,13H2,(H,15,16). The summed E-state index contributed by atoms with van der Waals surface area (Å²) in [4.78, 5) is 1.16. The minimum atomic E-state index is 0.744. The molecule has 3 aromatic rings. The van der Waals surface area contributed by atoms with Gasteiger partial charge in [-0.25, -0.2) is 0 Å². The first-order chi connectivity index (χ1) is 8.34. The molecule has 0 bridgehead atoms. The maximum absolute atomic E-state index is 5.85. The Morgan fingerprint density at radius 3 is 3.12 bits per heavy atom. The van der Waals surface area contributed by atoms with Gasteiger partial charge in [-0.2, -0.15) is 5.10 Å². The molecule has 5 heteroatoms. The van der Waals surface area contributed by atoms with Crippen LogP contribution in [0.25, 0.3) is 10.9 Å². The van der Waals surface area contributed by atoms with Crippen LogP contribution < -0.4 is 11.1 Å². The summed E-state index contributed by atoms with van der Waals surface area (Å²) in [5.74, 6) is 0. The molecule has 0 atom stereocenters. The number of hydrogen-bond donors (Lipinski definition) is 3. The van der Waals surface area contributed by atoms with E-state index >= 15 is 0 Å². The van der Waals surface area contributed by atoms with Crippen LogP contribution in [0, 0.1) is 0 Å². The lowest BCUT2D eigenvalue weighted by Crippen LogP contribution is -2.00. The van der Waals surface area contributed by atoms with E-state index in [1.807, 2.05) is 35.8 Å². The number of aromatic amines is 1. The fraction of sp³-hybridized carbons (Fsp3) is 0.0833. The molecule has 3 rings (SSSR count). The summed E-state index contributed by atoms with van der Waals surface area (Å²) in [5, 5.41) is 13.5. The molecule has 86 valence electrons. The summed E-state index contributed by atoms with van der Waals surface area (Å²) in [5.41, 5.74) is 8.81. The number of aromatic nitrogens is 2. The normalized spacial score (nSPS) is 10.8. The Kier molecular flexibility index (Phi) is 2.45. The number of thiophene rings is 1. The fourth-order valence-electron chi connectivity index (χ4n) is 1.79. The number of nitrogen functional groups attached to an aromatic ring is 1. The van der Waals surface area contributed by atoms with Crippen molar-refractivity contribution in [1.29, 1.82) is 0 Å². The second kappa shape index (κ2) is 4.10. The molecule has 4 N–H and O–H groups in total. The Morgan fingerprint density at radius 2 is 2.29 bits per heavy atom. The highest BCUT2D eigenvalue weighted by atomic mass is 32.1. The summed E-state index contributed by atoms with van der Waals surface area (Å²) in [6, 6.07) is 7.98. The van der Waals surface area contributed by atoms with Gasteiger partial charge in [0.2, 0.25) is 0 Å². The molecule has 0 saturated heterocycles. The van der Waals surface area contributed by atoms with Gasteiger partial charge < -0.3 is 11.1 Å². The maximum Gasteiger partial charge on any atom is 0.0671 e. The van der Waals surface area contributed by atoms with Crippen molar-refractivity contribution in [2.24, 2.45) is 0 Å². The third-order valence-corrected chi connectivity index (χ3v) is 3.64. The van der Waals surface area contributed by atoms with Crippen LogP contribution in [-0.4, -0.2) is 10.2 Å². The van der Waals surface area contributed by atoms with E-state index < -0.39 is 0 Å². The molecule has 0 radical (unpaired) electrons. The van der Waals surface area contributed by atoms with Gasteiger partial charge in [-0.3, -0.25) is 5.10 Å². The van der Waals surface area contributed by atoms with E-state index in [0.717, 1.165) is 33.7 Å². The molecular formula is C12H12N4S. The molecule has 0 aliphatic heterocycles. The zero-order chi connectivity index (χ0) is 11.7. The first-order valence-corrected chi connectivity index (χ1v) is 6.20. The smallest absolute Gasteiger partial charge is 0.0671 e. The lowest BCUT2D eigenvalue weighted by molar-refractivity contribution is 1.12. The van der Waals surface area contributed by atoms with Crippen LogP contribution in [0.2, 0.25) is 0 Å². The molecule has 0 amide bonds. The second-order valence-corrected chi connectivity index (χ2v) is 4.79. The molecule has 0 saturated carbocycles. The van der Waals surface area contributed by atoms with E-state index in [2.05, 4.69) is 15.5 Å². The minimum Gasteiger partial charge on any atom is -0.398 e. The Hall–Kier alpha value is -2.01. The summed E-state index contributed by atoms with van der Waals surface area (Å²) in [6.45, 7) is 0.744. The number of anilines is 2. The van der Waals surface area contributed by atoms with E-state index in [4.69, 9.17) is 5.73 Å². The van der Waals surface area contributed by atoms with Gasteiger partial charge in [0.15, 0.2) is 0 Å². The molecule has 2 aromatic heterocycles. The Morgan fingerprint density at radius 1 is 1.35 bits per heavy atom. The third kappa shape index (κ3) is 1.85. The minimum absolute atomic E-state index is 0.744. The van der Waals surface area contributed by atoms with Crippen LogP contribution in [-0.2, 0) is 6.54 Å². The van der Waals surface area contributed by atoms with Crippen molar-refractivity contribution in [3.8, 4) is 0 Å². The van der Waals surface area contributed by atoms with Crippen molar-refractivity contribution in [3.63, 3.8) is 0 Å². The predicted octanol–water partition coefficient (Wildman–Crippen LogP) is 2.82. The zero-order valence-electron chi connectivity index (χ0n) is 9.10. The molecule has 0 spiro atoms. The number of fused-ring (bicyclic) bond motifs is 1. The highest BCUT2D eigenvalue weighted by Gasteiger charge is 2.04. The van der Waals surface area contributed by atoms with Crippen molar-refractivity contribution in [2.45, 2.75) is 6.54 Å². The van der Waals surface area contributed by atoms with Gasteiger partial charge in [-0.05, 0) is 23.6 Å². The summed E-state index contributed by atoms with van der Waals surface area (Å²) in [6.07, 6.45) is 1.83. The van der Waals surface area contributed by atoms with Crippen molar-refractivity contribution < 1.29 is 0 Å². The van der Waals surface area contributed by atoms with Crippen LogP contribution in [0.3, 0.4) is 0 Å².